The van der Waals surface area contributed by atoms with Gasteiger partial charge in [0.05, 0.1) is 13.2 Å². The van der Waals surface area contributed by atoms with Crippen LogP contribution >= 0.6 is 0 Å². The molecule has 1 unspecified atom stereocenters. The molecule has 0 aliphatic carbocycles. The van der Waals surface area contributed by atoms with Crippen LogP contribution in [0.1, 0.15) is 22.8 Å². The van der Waals surface area contributed by atoms with Crippen molar-refractivity contribution in [3.63, 3.8) is 0 Å². The molecule has 0 fully saturated rings. The molecular formula is C14H20N2O2. The molecule has 1 aliphatic heterocycles. The first-order chi connectivity index (χ1) is 8.60. The van der Waals surface area contributed by atoms with Crippen molar-refractivity contribution in [3.05, 3.63) is 29.3 Å². The highest BCUT2D eigenvalue weighted by molar-refractivity contribution is 5.98. The number of rotatable bonds is 5. The van der Waals surface area contributed by atoms with Crippen molar-refractivity contribution in [1.82, 2.24) is 4.90 Å². The lowest BCUT2D eigenvalue weighted by atomic mass is 10.0. The Labute approximate surface area is 108 Å². The number of likely N-dealkylation sites (N-methyl/N-ethyl adjacent to an activating group) is 1. The number of fused-ring (bicyclic) bond motifs is 1. The number of carbonyl (C=O) groups excluding carboxylic acids is 1. The maximum absolute atomic E-state index is 12.1. The summed E-state index contributed by atoms with van der Waals surface area (Å²) in [5.41, 5.74) is 3.12. The van der Waals surface area contributed by atoms with Crippen LogP contribution in [-0.4, -0.2) is 48.6 Å². The predicted octanol–water partition coefficient (Wildman–Crippen LogP) is 1.15. The van der Waals surface area contributed by atoms with E-state index in [1.165, 1.54) is 5.56 Å². The van der Waals surface area contributed by atoms with E-state index in [1.807, 2.05) is 30.1 Å². The monoisotopic (exact) mass is 248 g/mol. The number of aliphatic hydroxyl groups is 1. The predicted molar refractivity (Wildman–Crippen MR) is 72.1 cm³/mol. The highest BCUT2D eigenvalue weighted by Gasteiger charge is 2.18. The fourth-order valence-corrected chi connectivity index (χ4v) is 2.31. The number of nitrogens with one attached hydrogen (secondary N) is 1. The molecular weight excluding hydrogens is 228 g/mol. The highest BCUT2D eigenvalue weighted by Crippen LogP contribution is 2.26. The van der Waals surface area contributed by atoms with Gasteiger partial charge in [-0.3, -0.25) is 9.69 Å². The summed E-state index contributed by atoms with van der Waals surface area (Å²) in [4.78, 5) is 13.9. The Bertz CT molecular complexity index is 445. The molecule has 0 saturated carbocycles. The summed E-state index contributed by atoms with van der Waals surface area (Å²) in [6, 6.07) is 6.29. The maximum atomic E-state index is 12.1. The second-order valence-corrected chi connectivity index (χ2v) is 5.01. The first-order valence-electron chi connectivity index (χ1n) is 6.32. The topological polar surface area (TPSA) is 52.6 Å². The quantitative estimate of drug-likeness (QED) is 0.768. The van der Waals surface area contributed by atoms with E-state index >= 15 is 0 Å². The second-order valence-electron chi connectivity index (χ2n) is 5.01. The summed E-state index contributed by atoms with van der Waals surface area (Å²) < 4.78 is 0. The van der Waals surface area contributed by atoms with Crippen molar-refractivity contribution in [1.29, 1.82) is 0 Å². The molecule has 0 spiro atoms. The van der Waals surface area contributed by atoms with Gasteiger partial charge in [-0.05, 0) is 44.2 Å². The minimum absolute atomic E-state index is 0.0788. The van der Waals surface area contributed by atoms with Crippen LogP contribution in [0.3, 0.4) is 0 Å². The lowest BCUT2D eigenvalue weighted by molar-refractivity contribution is 0.0935. The van der Waals surface area contributed by atoms with Crippen LogP contribution in [0.15, 0.2) is 18.2 Å². The molecule has 2 rings (SSSR count). The van der Waals surface area contributed by atoms with Gasteiger partial charge >= 0.3 is 0 Å². The third-order valence-corrected chi connectivity index (χ3v) is 3.25. The molecule has 0 aromatic heterocycles. The molecule has 0 amide bonds. The molecule has 1 aromatic carbocycles. The number of hydrogen-bond donors (Lipinski definition) is 2. The number of Topliss-reactive ketones (excluding diaryl/α,β-unsaturated/α-hetero) is 1. The van der Waals surface area contributed by atoms with Crippen LogP contribution in [0.5, 0.6) is 0 Å². The molecule has 1 aliphatic rings. The van der Waals surface area contributed by atoms with Gasteiger partial charge < -0.3 is 10.4 Å². The van der Waals surface area contributed by atoms with Gasteiger partial charge in [-0.2, -0.15) is 0 Å². The standard InChI is InChI=1S/C14H20N2O2/c1-10-7-12-8-11(3-4-13(12)15-10)14(18)9-16(2)5-6-17/h3-4,8,10,15,17H,5-7,9H2,1-2H3. The molecule has 98 valence electrons. The summed E-state index contributed by atoms with van der Waals surface area (Å²) in [6.45, 7) is 3.09. The Morgan fingerprint density at radius 1 is 1.56 bits per heavy atom. The lowest BCUT2D eigenvalue weighted by Gasteiger charge is -2.14. The number of carbonyl (C=O) groups is 1. The summed E-state index contributed by atoms with van der Waals surface area (Å²) in [5.74, 6) is 0.105. The molecule has 1 heterocycles. The first kappa shape index (κ1) is 13.1. The summed E-state index contributed by atoms with van der Waals surface area (Å²) >= 11 is 0. The number of benzene rings is 1. The zero-order valence-electron chi connectivity index (χ0n) is 10.9. The normalized spacial score (nSPS) is 17.7. The van der Waals surface area contributed by atoms with Gasteiger partial charge in [-0.25, -0.2) is 0 Å². The summed E-state index contributed by atoms with van der Waals surface area (Å²) in [7, 11) is 1.84. The van der Waals surface area contributed by atoms with Gasteiger partial charge in [0.1, 0.15) is 0 Å². The van der Waals surface area contributed by atoms with Crippen LogP contribution in [0, 0.1) is 0 Å². The second kappa shape index (κ2) is 5.50. The third-order valence-electron chi connectivity index (χ3n) is 3.25. The Morgan fingerprint density at radius 2 is 2.33 bits per heavy atom. The SMILES string of the molecule is CC1Cc2cc(C(=O)CN(C)CCO)ccc2N1. The molecule has 4 nitrogen and oxygen atoms in total. The van der Waals surface area contributed by atoms with E-state index in [-0.39, 0.29) is 12.4 Å². The van der Waals surface area contributed by atoms with E-state index < -0.39 is 0 Å². The van der Waals surface area contributed by atoms with Crippen molar-refractivity contribution in [3.8, 4) is 0 Å². The average Bonchev–Trinajstić information content (AvgIpc) is 2.68. The van der Waals surface area contributed by atoms with E-state index in [0.29, 0.717) is 19.1 Å². The summed E-state index contributed by atoms with van der Waals surface area (Å²) in [6.07, 6.45) is 0.975. The fourth-order valence-electron chi connectivity index (χ4n) is 2.31. The third kappa shape index (κ3) is 2.89. The molecule has 2 N–H and O–H groups in total. The largest absolute Gasteiger partial charge is 0.395 e. The van der Waals surface area contributed by atoms with Crippen LogP contribution in [-0.2, 0) is 6.42 Å². The van der Waals surface area contributed by atoms with Gasteiger partial charge in [0.2, 0.25) is 0 Å². The van der Waals surface area contributed by atoms with Crippen molar-refractivity contribution in [2.24, 2.45) is 0 Å². The molecule has 0 saturated heterocycles. The van der Waals surface area contributed by atoms with Crippen molar-refractivity contribution in [2.45, 2.75) is 19.4 Å². The number of aliphatic hydroxyl groups excluding tert-OH is 1. The average molecular weight is 248 g/mol. The Kier molecular flexibility index (Phi) is 3.99. The Hall–Kier alpha value is -1.39. The van der Waals surface area contributed by atoms with E-state index in [2.05, 4.69) is 12.2 Å². The molecule has 0 radical (unpaired) electrons. The van der Waals surface area contributed by atoms with Crippen molar-refractivity contribution in [2.75, 3.05) is 32.1 Å². The fraction of sp³-hybridized carbons (Fsp3) is 0.500. The maximum Gasteiger partial charge on any atom is 0.176 e. The van der Waals surface area contributed by atoms with Gasteiger partial charge in [0.25, 0.3) is 0 Å². The Morgan fingerprint density at radius 3 is 3.06 bits per heavy atom. The molecule has 0 bridgehead atoms. The van der Waals surface area contributed by atoms with Crippen LogP contribution in [0.25, 0.3) is 0 Å². The van der Waals surface area contributed by atoms with Crippen molar-refractivity contribution >= 4 is 11.5 Å². The van der Waals surface area contributed by atoms with Crippen LogP contribution in [0.4, 0.5) is 5.69 Å². The lowest BCUT2D eigenvalue weighted by Crippen LogP contribution is -2.28. The van der Waals surface area contributed by atoms with Crippen LogP contribution in [0.2, 0.25) is 0 Å². The van der Waals surface area contributed by atoms with E-state index in [1.54, 1.807) is 0 Å². The number of nitrogens with zero attached hydrogens (tertiary/aromatic N) is 1. The number of ketones is 1. The smallest absolute Gasteiger partial charge is 0.176 e. The Balaban J connectivity index is 2.06. The van der Waals surface area contributed by atoms with Gasteiger partial charge in [-0.1, -0.05) is 0 Å². The summed E-state index contributed by atoms with van der Waals surface area (Å²) in [5, 5.41) is 12.2. The van der Waals surface area contributed by atoms with Crippen LogP contribution < -0.4 is 5.32 Å². The highest BCUT2D eigenvalue weighted by atomic mass is 16.3. The van der Waals surface area contributed by atoms with E-state index in [4.69, 9.17) is 5.11 Å². The first-order valence-corrected chi connectivity index (χ1v) is 6.32. The number of anilines is 1. The van der Waals surface area contributed by atoms with E-state index in [0.717, 1.165) is 17.7 Å². The van der Waals surface area contributed by atoms with Gasteiger partial charge in [0.15, 0.2) is 5.78 Å². The zero-order chi connectivity index (χ0) is 13.1. The van der Waals surface area contributed by atoms with Gasteiger partial charge in [0, 0.05) is 23.8 Å². The molecule has 4 heteroatoms. The minimum Gasteiger partial charge on any atom is -0.395 e. The molecule has 1 aromatic rings. The van der Waals surface area contributed by atoms with Crippen molar-refractivity contribution < 1.29 is 9.90 Å². The van der Waals surface area contributed by atoms with E-state index in [9.17, 15) is 4.79 Å². The molecule has 18 heavy (non-hydrogen) atoms. The zero-order valence-corrected chi connectivity index (χ0v) is 10.9. The van der Waals surface area contributed by atoms with Gasteiger partial charge in [-0.15, -0.1) is 0 Å². The molecule has 1 atom stereocenters. The minimum atomic E-state index is 0.0788. The number of hydrogen-bond acceptors (Lipinski definition) is 4.